The Balaban J connectivity index is 1.01. The predicted molar refractivity (Wildman–Crippen MR) is 192 cm³/mol. The summed E-state index contributed by atoms with van der Waals surface area (Å²) < 4.78 is 40.5. The van der Waals surface area contributed by atoms with Crippen LogP contribution in [-0.4, -0.2) is 94.9 Å². The number of likely N-dealkylation sites (tertiary alicyclic amines) is 1. The van der Waals surface area contributed by atoms with Gasteiger partial charge in [0, 0.05) is 48.7 Å². The van der Waals surface area contributed by atoms with E-state index in [9.17, 15) is 32.7 Å². The molecule has 0 spiro atoms. The topological polar surface area (TPSA) is 138 Å². The van der Waals surface area contributed by atoms with Gasteiger partial charge in [0.25, 0.3) is 0 Å². The first-order valence-corrected chi connectivity index (χ1v) is 20.4. The number of carbonyl (C=O) groups excluding carboxylic acids is 2. The molecule has 52 heavy (non-hydrogen) atoms. The summed E-state index contributed by atoms with van der Waals surface area (Å²) in [5.74, 6) is -3.00. The van der Waals surface area contributed by atoms with Gasteiger partial charge in [-0.05, 0) is 127 Å². The molecule has 4 saturated carbocycles. The molecule has 6 fully saturated rings. The van der Waals surface area contributed by atoms with Crippen LogP contribution in [0.2, 0.25) is 0 Å². The van der Waals surface area contributed by atoms with Crippen molar-refractivity contribution >= 4 is 35.6 Å². The second-order valence-electron chi connectivity index (χ2n) is 16.7. The van der Waals surface area contributed by atoms with Crippen LogP contribution in [0.3, 0.4) is 0 Å². The second kappa shape index (κ2) is 18.1. The number of hydrogen-bond donors (Lipinski definition) is 5. The van der Waals surface area contributed by atoms with E-state index in [0.29, 0.717) is 31.1 Å². The molecule has 9 unspecified atom stereocenters. The number of piperidine rings is 1. The third-order valence-electron chi connectivity index (χ3n) is 13.2. The number of amides is 2. The van der Waals surface area contributed by atoms with E-state index in [0.717, 1.165) is 96.8 Å². The van der Waals surface area contributed by atoms with Gasteiger partial charge in [-0.3, -0.25) is 14.4 Å². The molecule has 0 radical (unpaired) electrons. The highest BCUT2D eigenvalue weighted by atomic mass is 35.5. The first-order valence-electron chi connectivity index (χ1n) is 20.0. The highest BCUT2D eigenvalue weighted by Crippen LogP contribution is 2.42. The quantitative estimate of drug-likeness (QED) is 0.117. The number of rotatable bonds is 10. The number of carbonyl (C=O) groups is 3. The molecular weight excluding hydrogens is 699 g/mol. The molecule has 6 aliphatic rings. The Hall–Kier alpha value is -2.00. The maximum atomic E-state index is 13.8. The number of nitrogens with one attached hydrogen (secondary N) is 4. The lowest BCUT2D eigenvalue weighted by molar-refractivity contribution is -0.182. The molecule has 2 aliphatic heterocycles. The van der Waals surface area contributed by atoms with E-state index in [1.807, 2.05) is 0 Å². The van der Waals surface area contributed by atoms with Crippen LogP contribution in [0, 0.1) is 41.4 Å². The van der Waals surface area contributed by atoms with Crippen LogP contribution in [0.4, 0.5) is 13.2 Å². The van der Waals surface area contributed by atoms with Gasteiger partial charge in [-0.15, -0.1) is 11.6 Å². The fourth-order valence-corrected chi connectivity index (χ4v) is 10.5. The lowest BCUT2D eigenvalue weighted by Crippen LogP contribution is -2.54. The smallest absolute Gasteiger partial charge is 0.393 e. The summed E-state index contributed by atoms with van der Waals surface area (Å²) in [6, 6.07) is 0.200. The lowest BCUT2D eigenvalue weighted by atomic mass is 9.78. The van der Waals surface area contributed by atoms with E-state index in [2.05, 4.69) is 36.7 Å². The molecule has 2 heterocycles. The maximum Gasteiger partial charge on any atom is 0.393 e. The normalized spacial score (nSPS) is 38.6. The zero-order chi connectivity index (χ0) is 36.8. The standard InChI is InChI=1S/C37H59ClF3N7O4/c38-31-13-7-23(18-30(31)37(39,40)41)20-42-45-35(50)29-19-28(47-15-2-1-3-16-47)12-14-32(29)43-34(49)27-6-4-5-24(17-27)21-48-22-33(44-46-48)25-8-10-26(11-9-25)36(51)52/h20,23-33,44,46H,1-19,21-22H2,(H,43,49)(H,45,50)(H,51,52)/b42-20+. The van der Waals surface area contributed by atoms with Crippen molar-refractivity contribution in [2.45, 2.75) is 139 Å². The predicted octanol–water partition coefficient (Wildman–Crippen LogP) is 5.20. The summed E-state index contributed by atoms with van der Waals surface area (Å²) in [5, 5.41) is 18.1. The van der Waals surface area contributed by atoms with Gasteiger partial charge in [0.05, 0.1) is 17.8 Å². The van der Waals surface area contributed by atoms with Gasteiger partial charge in [-0.2, -0.15) is 23.8 Å². The van der Waals surface area contributed by atoms with Gasteiger partial charge < -0.3 is 15.3 Å². The number of alkyl halides is 4. The van der Waals surface area contributed by atoms with Crippen LogP contribution in [0.25, 0.3) is 0 Å². The summed E-state index contributed by atoms with van der Waals surface area (Å²) in [6.07, 6.45) is 10.3. The maximum absolute atomic E-state index is 13.8. The van der Waals surface area contributed by atoms with Gasteiger partial charge in [-0.1, -0.05) is 12.8 Å². The van der Waals surface area contributed by atoms with Crippen LogP contribution in [0.1, 0.15) is 109 Å². The summed E-state index contributed by atoms with van der Waals surface area (Å²) in [7, 11) is 0. The van der Waals surface area contributed by atoms with Crippen LogP contribution in [0.15, 0.2) is 5.10 Å². The Morgan fingerprint density at radius 2 is 1.63 bits per heavy atom. The minimum atomic E-state index is -4.37. The Labute approximate surface area is 310 Å². The van der Waals surface area contributed by atoms with Crippen LogP contribution < -0.4 is 21.7 Å². The molecule has 6 rings (SSSR count). The lowest BCUT2D eigenvalue weighted by Gasteiger charge is -2.42. The molecule has 11 nitrogen and oxygen atoms in total. The zero-order valence-corrected chi connectivity index (χ0v) is 31.1. The van der Waals surface area contributed by atoms with E-state index >= 15 is 0 Å². The number of halogens is 4. The number of hydrazine groups is 2. The summed E-state index contributed by atoms with van der Waals surface area (Å²) >= 11 is 6.00. The summed E-state index contributed by atoms with van der Waals surface area (Å²) in [4.78, 5) is 41.4. The average molecular weight is 758 g/mol. The Bertz CT molecular complexity index is 1250. The van der Waals surface area contributed by atoms with Gasteiger partial charge in [0.15, 0.2) is 0 Å². The van der Waals surface area contributed by atoms with Crippen molar-refractivity contribution < 1.29 is 32.7 Å². The van der Waals surface area contributed by atoms with Crippen molar-refractivity contribution in [3.63, 3.8) is 0 Å². The molecule has 2 amide bonds. The van der Waals surface area contributed by atoms with E-state index < -0.39 is 35.3 Å². The monoisotopic (exact) mass is 757 g/mol. The number of hydrogen-bond acceptors (Lipinski definition) is 8. The third-order valence-corrected chi connectivity index (χ3v) is 13.8. The number of nitrogens with zero attached hydrogens (tertiary/aromatic N) is 3. The van der Waals surface area contributed by atoms with Gasteiger partial charge in [0.1, 0.15) is 0 Å². The fourth-order valence-electron chi connectivity index (χ4n) is 10.1. The van der Waals surface area contributed by atoms with E-state index in [-0.39, 0.29) is 54.6 Å². The second-order valence-corrected chi connectivity index (χ2v) is 17.3. The number of carboxylic acids is 1. The van der Waals surface area contributed by atoms with Crippen molar-refractivity contribution in [3.05, 3.63) is 0 Å². The van der Waals surface area contributed by atoms with E-state index in [1.165, 1.54) is 12.6 Å². The van der Waals surface area contributed by atoms with Gasteiger partial charge >= 0.3 is 12.1 Å². The highest BCUT2D eigenvalue weighted by molar-refractivity contribution is 6.20. The van der Waals surface area contributed by atoms with Gasteiger partial charge in [0.2, 0.25) is 11.8 Å². The van der Waals surface area contributed by atoms with Crippen LogP contribution in [-0.2, 0) is 14.4 Å². The number of carboxylic acid groups (broad SMARTS) is 1. The number of hydrazone groups is 1. The minimum absolute atomic E-state index is 0.00373. The van der Waals surface area contributed by atoms with Crippen molar-refractivity contribution in [2.24, 2.45) is 46.5 Å². The molecule has 294 valence electrons. The molecule has 9 atom stereocenters. The Kier molecular flexibility index (Phi) is 13.8. The zero-order valence-electron chi connectivity index (χ0n) is 30.3. The van der Waals surface area contributed by atoms with Crippen molar-refractivity contribution in [1.82, 2.24) is 31.6 Å². The van der Waals surface area contributed by atoms with Crippen molar-refractivity contribution in [3.8, 4) is 0 Å². The first-order chi connectivity index (χ1) is 24.9. The van der Waals surface area contributed by atoms with E-state index in [1.54, 1.807) is 0 Å². The third kappa shape index (κ3) is 10.4. The molecule has 2 saturated heterocycles. The summed E-state index contributed by atoms with van der Waals surface area (Å²) in [6.45, 7) is 3.70. The Morgan fingerprint density at radius 3 is 2.37 bits per heavy atom. The van der Waals surface area contributed by atoms with Crippen molar-refractivity contribution in [1.29, 1.82) is 0 Å². The SMILES string of the molecule is O=C(O)C1CCC(C2CN(CC3CCCC(C(=O)NC4CCC(N5CCCCC5)CC4C(=O)N/N=C/C4CCC(Cl)C(C(F)(F)F)C4)C3)NN2)CC1. The number of aliphatic carboxylic acids is 1. The molecule has 4 aliphatic carbocycles. The molecule has 0 aromatic rings. The van der Waals surface area contributed by atoms with Crippen LogP contribution in [0.5, 0.6) is 0 Å². The first kappa shape index (κ1) is 39.7. The molecule has 5 N–H and O–H groups in total. The highest BCUT2D eigenvalue weighted by Gasteiger charge is 2.47. The van der Waals surface area contributed by atoms with Crippen LogP contribution >= 0.6 is 11.6 Å². The molecule has 0 aromatic carbocycles. The van der Waals surface area contributed by atoms with E-state index in [4.69, 9.17) is 11.6 Å². The molecular formula is C37H59ClF3N7O4. The molecule has 0 bridgehead atoms. The minimum Gasteiger partial charge on any atom is -0.481 e. The molecule has 15 heteroatoms. The fraction of sp³-hybridized carbons (Fsp3) is 0.892. The summed E-state index contributed by atoms with van der Waals surface area (Å²) in [5.41, 5.74) is 9.43. The molecule has 0 aromatic heterocycles. The Morgan fingerprint density at radius 1 is 0.865 bits per heavy atom. The van der Waals surface area contributed by atoms with Gasteiger partial charge in [-0.25, -0.2) is 15.9 Å². The largest absolute Gasteiger partial charge is 0.481 e. The van der Waals surface area contributed by atoms with Crippen molar-refractivity contribution in [2.75, 3.05) is 26.2 Å². The average Bonchev–Trinajstić information content (AvgIpc) is 3.60.